The van der Waals surface area contributed by atoms with Crippen LogP contribution >= 0.6 is 0 Å². The second-order valence-electron chi connectivity index (χ2n) is 7.84. The lowest BCUT2D eigenvalue weighted by atomic mass is 9.77. The van der Waals surface area contributed by atoms with E-state index < -0.39 is 0 Å². The van der Waals surface area contributed by atoms with Crippen LogP contribution in [0.4, 0.5) is 0 Å². The van der Waals surface area contributed by atoms with Crippen LogP contribution in [0.1, 0.15) is 72.1 Å². The van der Waals surface area contributed by atoms with Gasteiger partial charge in [0.2, 0.25) is 0 Å². The van der Waals surface area contributed by atoms with Crippen LogP contribution in [-0.2, 0) is 0 Å². The molecule has 1 aliphatic heterocycles. The Morgan fingerprint density at radius 2 is 1.84 bits per heavy atom. The highest BCUT2D eigenvalue weighted by Crippen LogP contribution is 2.46. The van der Waals surface area contributed by atoms with E-state index in [0.29, 0.717) is 11.1 Å². The van der Waals surface area contributed by atoms with Crippen molar-refractivity contribution in [3.63, 3.8) is 0 Å². The van der Waals surface area contributed by atoms with E-state index in [1.807, 2.05) is 0 Å². The van der Waals surface area contributed by atoms with Gasteiger partial charge in [0.05, 0.1) is 0 Å². The van der Waals surface area contributed by atoms with Gasteiger partial charge in [-0.05, 0) is 51.9 Å². The Balaban J connectivity index is 1.77. The summed E-state index contributed by atoms with van der Waals surface area (Å²) in [5.41, 5.74) is 0.878. The third kappa shape index (κ3) is 2.58. The van der Waals surface area contributed by atoms with Crippen molar-refractivity contribution in [3.8, 4) is 0 Å². The van der Waals surface area contributed by atoms with Crippen LogP contribution in [0.3, 0.4) is 0 Å². The van der Waals surface area contributed by atoms with E-state index in [4.69, 9.17) is 0 Å². The first-order valence-corrected chi connectivity index (χ1v) is 8.59. The average Bonchev–Trinajstić information content (AvgIpc) is 3.24. The fourth-order valence-electron chi connectivity index (χ4n) is 4.58. The van der Waals surface area contributed by atoms with E-state index in [1.165, 1.54) is 64.5 Å². The van der Waals surface area contributed by atoms with Crippen LogP contribution in [0, 0.1) is 5.92 Å². The molecule has 2 aliphatic carbocycles. The summed E-state index contributed by atoms with van der Waals surface area (Å²) in [6, 6.07) is 0.753. The van der Waals surface area contributed by atoms with Gasteiger partial charge in [-0.25, -0.2) is 0 Å². The van der Waals surface area contributed by atoms with Gasteiger partial charge < -0.3 is 5.32 Å². The molecule has 0 aromatic rings. The Morgan fingerprint density at radius 1 is 1.16 bits per heavy atom. The van der Waals surface area contributed by atoms with Crippen LogP contribution in [0.25, 0.3) is 0 Å². The van der Waals surface area contributed by atoms with E-state index in [-0.39, 0.29) is 0 Å². The van der Waals surface area contributed by atoms with Crippen molar-refractivity contribution < 1.29 is 0 Å². The van der Waals surface area contributed by atoms with Gasteiger partial charge in [-0.1, -0.05) is 26.2 Å². The maximum absolute atomic E-state index is 3.96. The number of rotatable bonds is 3. The van der Waals surface area contributed by atoms with Crippen LogP contribution in [0.5, 0.6) is 0 Å². The smallest absolute Gasteiger partial charge is 0.0309 e. The van der Waals surface area contributed by atoms with Crippen molar-refractivity contribution in [1.29, 1.82) is 0 Å². The van der Waals surface area contributed by atoms with Crippen LogP contribution in [0.15, 0.2) is 0 Å². The van der Waals surface area contributed by atoms with Gasteiger partial charge in [-0.15, -0.1) is 0 Å². The van der Waals surface area contributed by atoms with E-state index in [0.717, 1.165) is 12.0 Å². The molecule has 0 bridgehead atoms. The molecule has 0 radical (unpaired) electrons. The molecule has 0 aromatic carbocycles. The molecule has 2 heteroatoms. The van der Waals surface area contributed by atoms with Crippen LogP contribution < -0.4 is 5.32 Å². The van der Waals surface area contributed by atoms with Gasteiger partial charge in [0.15, 0.2) is 0 Å². The quantitative estimate of drug-likeness (QED) is 0.838. The summed E-state index contributed by atoms with van der Waals surface area (Å²) < 4.78 is 0. The predicted molar refractivity (Wildman–Crippen MR) is 81.4 cm³/mol. The second-order valence-corrected chi connectivity index (χ2v) is 7.84. The van der Waals surface area contributed by atoms with Gasteiger partial charge in [-0.2, -0.15) is 0 Å². The third-order valence-electron chi connectivity index (χ3n) is 6.23. The van der Waals surface area contributed by atoms with Gasteiger partial charge in [0.1, 0.15) is 0 Å². The maximum Gasteiger partial charge on any atom is 0.0309 e. The molecule has 1 spiro atoms. The highest BCUT2D eigenvalue weighted by molar-refractivity contribution is 5.06. The Labute approximate surface area is 119 Å². The van der Waals surface area contributed by atoms with Crippen LogP contribution in [0.2, 0.25) is 0 Å². The molecule has 3 fully saturated rings. The number of nitrogens with one attached hydrogen (secondary N) is 1. The minimum atomic E-state index is 0.424. The Morgan fingerprint density at radius 3 is 2.42 bits per heavy atom. The van der Waals surface area contributed by atoms with E-state index in [1.54, 1.807) is 0 Å². The molecular weight excluding hydrogens is 232 g/mol. The van der Waals surface area contributed by atoms with Crippen molar-refractivity contribution in [2.45, 2.75) is 89.3 Å². The fourth-order valence-corrected chi connectivity index (χ4v) is 4.58. The van der Waals surface area contributed by atoms with E-state index >= 15 is 0 Å². The molecule has 1 N–H and O–H groups in total. The summed E-state index contributed by atoms with van der Waals surface area (Å²) in [5.74, 6) is 0.959. The van der Waals surface area contributed by atoms with Gasteiger partial charge in [0.25, 0.3) is 0 Å². The number of hydrogen-bond acceptors (Lipinski definition) is 2. The molecule has 0 amide bonds. The second kappa shape index (κ2) is 5.04. The van der Waals surface area contributed by atoms with Crippen molar-refractivity contribution >= 4 is 0 Å². The summed E-state index contributed by atoms with van der Waals surface area (Å²) in [7, 11) is 0. The summed E-state index contributed by atoms with van der Waals surface area (Å²) >= 11 is 0. The first-order chi connectivity index (χ1) is 9.07. The largest absolute Gasteiger partial charge is 0.308 e. The third-order valence-corrected chi connectivity index (χ3v) is 6.23. The standard InChI is InChI=1S/C17H32N2/c1-4-15-12-18-17(10-6-5-7-11-17)13-19(15)16(2,3)14-8-9-14/h14-15,18H,4-13H2,1-3H3. The normalized spacial score (nSPS) is 32.7. The lowest BCUT2D eigenvalue weighted by Gasteiger charge is -2.55. The molecule has 0 aromatic heterocycles. The molecule has 110 valence electrons. The summed E-state index contributed by atoms with van der Waals surface area (Å²) in [6.07, 6.45) is 11.3. The van der Waals surface area contributed by atoms with Crippen molar-refractivity contribution in [2.75, 3.05) is 13.1 Å². The molecule has 1 heterocycles. The fraction of sp³-hybridized carbons (Fsp3) is 1.00. The molecule has 2 saturated carbocycles. The lowest BCUT2D eigenvalue weighted by molar-refractivity contribution is -0.0234. The SMILES string of the molecule is CCC1CNC2(CCCCC2)CN1C(C)(C)C1CC1. The highest BCUT2D eigenvalue weighted by atomic mass is 15.3. The number of nitrogens with zero attached hydrogens (tertiary/aromatic N) is 1. The van der Waals surface area contributed by atoms with Crippen molar-refractivity contribution in [3.05, 3.63) is 0 Å². The summed E-state index contributed by atoms with van der Waals surface area (Å²) in [5, 5.41) is 3.96. The number of hydrogen-bond donors (Lipinski definition) is 1. The Hall–Kier alpha value is -0.0800. The molecule has 1 atom stereocenters. The van der Waals surface area contributed by atoms with E-state index in [9.17, 15) is 0 Å². The van der Waals surface area contributed by atoms with Crippen LogP contribution in [-0.4, -0.2) is 35.1 Å². The summed E-state index contributed by atoms with van der Waals surface area (Å²) in [6.45, 7) is 9.90. The first kappa shape index (κ1) is 13.9. The topological polar surface area (TPSA) is 15.3 Å². The summed E-state index contributed by atoms with van der Waals surface area (Å²) in [4.78, 5) is 2.90. The predicted octanol–water partition coefficient (Wildman–Crippen LogP) is 3.56. The lowest BCUT2D eigenvalue weighted by Crippen LogP contribution is -2.69. The minimum absolute atomic E-state index is 0.424. The molecule has 1 saturated heterocycles. The molecule has 1 unspecified atom stereocenters. The monoisotopic (exact) mass is 264 g/mol. The Bertz CT molecular complexity index is 313. The van der Waals surface area contributed by atoms with Crippen molar-refractivity contribution in [1.82, 2.24) is 10.2 Å². The van der Waals surface area contributed by atoms with Crippen molar-refractivity contribution in [2.24, 2.45) is 5.92 Å². The zero-order valence-corrected chi connectivity index (χ0v) is 13.2. The zero-order valence-electron chi connectivity index (χ0n) is 13.2. The molecule has 3 aliphatic rings. The van der Waals surface area contributed by atoms with Gasteiger partial charge >= 0.3 is 0 Å². The first-order valence-electron chi connectivity index (χ1n) is 8.59. The minimum Gasteiger partial charge on any atom is -0.308 e. The van der Waals surface area contributed by atoms with E-state index in [2.05, 4.69) is 31.0 Å². The van der Waals surface area contributed by atoms with Gasteiger partial charge in [0, 0.05) is 30.2 Å². The molecular formula is C17H32N2. The zero-order chi connectivity index (χ0) is 13.5. The Kier molecular flexibility index (Phi) is 3.68. The highest BCUT2D eigenvalue weighted by Gasteiger charge is 2.49. The molecule has 19 heavy (non-hydrogen) atoms. The average molecular weight is 264 g/mol. The van der Waals surface area contributed by atoms with Gasteiger partial charge in [-0.3, -0.25) is 4.90 Å². The maximum atomic E-state index is 3.96. The molecule has 3 rings (SSSR count). The number of piperazine rings is 1. The molecule has 2 nitrogen and oxygen atoms in total.